The van der Waals surface area contributed by atoms with E-state index in [4.69, 9.17) is 14.2 Å². The summed E-state index contributed by atoms with van der Waals surface area (Å²) in [4.78, 5) is 37.9. The third-order valence-corrected chi connectivity index (χ3v) is 10.3. The lowest BCUT2D eigenvalue weighted by molar-refractivity contribution is -0.167. The summed E-state index contributed by atoms with van der Waals surface area (Å²) in [6.45, 7) is 6.30. The first-order valence-corrected chi connectivity index (χ1v) is 25.4. The lowest BCUT2D eigenvalue weighted by atomic mass is 10.1. The lowest BCUT2D eigenvalue weighted by Crippen LogP contribution is -2.30. The summed E-state index contributed by atoms with van der Waals surface area (Å²) < 4.78 is 16.7. The van der Waals surface area contributed by atoms with Crippen molar-refractivity contribution < 1.29 is 28.6 Å². The van der Waals surface area contributed by atoms with Gasteiger partial charge in [-0.25, -0.2) is 0 Å². The highest BCUT2D eigenvalue weighted by atomic mass is 16.6. The summed E-state index contributed by atoms with van der Waals surface area (Å²) in [7, 11) is 0. The number of carbonyl (C=O) groups is 3. The molecule has 0 aromatic carbocycles. The fourth-order valence-electron chi connectivity index (χ4n) is 6.54. The van der Waals surface area contributed by atoms with Crippen LogP contribution in [0.5, 0.6) is 0 Å². The van der Waals surface area contributed by atoms with Gasteiger partial charge in [0.25, 0.3) is 0 Å². The maximum atomic E-state index is 12.8. The smallest absolute Gasteiger partial charge is 0.306 e. The zero-order valence-corrected chi connectivity index (χ0v) is 40.5. The van der Waals surface area contributed by atoms with Gasteiger partial charge in [0.1, 0.15) is 13.2 Å². The maximum Gasteiger partial charge on any atom is 0.306 e. The van der Waals surface area contributed by atoms with Gasteiger partial charge in [0, 0.05) is 19.3 Å². The molecule has 6 heteroatoms. The molecule has 0 radical (unpaired) electrons. The molecule has 0 heterocycles. The molecular formula is C57H92O6. The highest BCUT2D eigenvalue weighted by Gasteiger charge is 2.19. The normalized spacial score (nSPS) is 13.0. The number of ether oxygens (including phenoxy) is 3. The van der Waals surface area contributed by atoms with Crippen LogP contribution in [-0.4, -0.2) is 37.2 Å². The van der Waals surface area contributed by atoms with Crippen LogP contribution in [0.2, 0.25) is 0 Å². The maximum absolute atomic E-state index is 12.8. The molecular weight excluding hydrogens is 781 g/mol. The first kappa shape index (κ1) is 59.1. The number of esters is 3. The van der Waals surface area contributed by atoms with Crippen LogP contribution in [0.25, 0.3) is 0 Å². The number of hydrogen-bond acceptors (Lipinski definition) is 6. The average Bonchev–Trinajstić information content (AvgIpc) is 3.28. The largest absolute Gasteiger partial charge is 0.462 e. The number of unbranched alkanes of at least 4 members (excludes halogenated alkanes) is 17. The van der Waals surface area contributed by atoms with Crippen LogP contribution < -0.4 is 0 Å². The van der Waals surface area contributed by atoms with Gasteiger partial charge in [0.2, 0.25) is 0 Å². The monoisotopic (exact) mass is 873 g/mol. The molecule has 0 spiro atoms. The van der Waals surface area contributed by atoms with Crippen LogP contribution in [0.1, 0.15) is 213 Å². The van der Waals surface area contributed by atoms with Crippen LogP contribution >= 0.6 is 0 Å². The van der Waals surface area contributed by atoms with E-state index in [-0.39, 0.29) is 37.5 Å². The van der Waals surface area contributed by atoms with E-state index < -0.39 is 6.10 Å². The van der Waals surface area contributed by atoms with Crippen LogP contribution in [0.15, 0.2) is 109 Å². The Morgan fingerprint density at radius 1 is 0.349 bits per heavy atom. The Kier molecular flexibility index (Phi) is 47.5. The number of hydrogen-bond donors (Lipinski definition) is 0. The molecule has 0 aliphatic heterocycles. The summed E-state index contributed by atoms with van der Waals surface area (Å²) in [6.07, 6.45) is 67.9. The third kappa shape index (κ3) is 49.0. The van der Waals surface area contributed by atoms with E-state index in [1.54, 1.807) is 0 Å². The molecule has 0 fully saturated rings. The first-order valence-electron chi connectivity index (χ1n) is 25.4. The number of allylic oxidation sites excluding steroid dienone is 18. The average molecular weight is 873 g/mol. The Balaban J connectivity index is 4.49. The fraction of sp³-hybridized carbons (Fsp3) is 0.632. The molecule has 0 rings (SSSR count). The highest BCUT2D eigenvalue weighted by molar-refractivity contribution is 5.71. The van der Waals surface area contributed by atoms with Crippen LogP contribution in [0.4, 0.5) is 0 Å². The first-order chi connectivity index (χ1) is 31.0. The summed E-state index contributed by atoms with van der Waals surface area (Å²) in [5.74, 6) is -1.01. The molecule has 0 aromatic rings. The molecule has 356 valence electrons. The van der Waals surface area contributed by atoms with Crippen molar-refractivity contribution in [1.82, 2.24) is 0 Å². The molecule has 1 unspecified atom stereocenters. The van der Waals surface area contributed by atoms with Gasteiger partial charge in [-0.3, -0.25) is 14.4 Å². The molecule has 0 N–H and O–H groups in total. The summed E-state index contributed by atoms with van der Waals surface area (Å²) in [6, 6.07) is 0. The van der Waals surface area contributed by atoms with Gasteiger partial charge >= 0.3 is 17.9 Å². The third-order valence-electron chi connectivity index (χ3n) is 10.3. The van der Waals surface area contributed by atoms with Crippen molar-refractivity contribution in [2.45, 2.75) is 219 Å². The van der Waals surface area contributed by atoms with E-state index in [0.29, 0.717) is 19.3 Å². The van der Waals surface area contributed by atoms with Gasteiger partial charge in [-0.2, -0.15) is 0 Å². The molecule has 6 nitrogen and oxygen atoms in total. The van der Waals surface area contributed by atoms with E-state index >= 15 is 0 Å². The highest BCUT2D eigenvalue weighted by Crippen LogP contribution is 2.13. The zero-order valence-electron chi connectivity index (χ0n) is 40.5. The Morgan fingerprint density at radius 2 is 0.698 bits per heavy atom. The van der Waals surface area contributed by atoms with Crippen molar-refractivity contribution in [2.75, 3.05) is 13.2 Å². The van der Waals surface area contributed by atoms with Crippen molar-refractivity contribution in [1.29, 1.82) is 0 Å². The molecule has 0 aliphatic carbocycles. The van der Waals surface area contributed by atoms with E-state index in [2.05, 4.69) is 130 Å². The van der Waals surface area contributed by atoms with Crippen LogP contribution in [0, 0.1) is 0 Å². The SMILES string of the molecule is CC/C=C\C/C=C\C/C=C\CCCCCCCCC(=O)OC(COC(=O)CCC/C=C\C/C=C\C/C=C\CC)COC(=O)CCCCCCC\C=C/C=C\C=C/CCCCCCC. The van der Waals surface area contributed by atoms with E-state index in [0.717, 1.165) is 122 Å². The molecule has 0 aliphatic rings. The quantitative estimate of drug-likeness (QED) is 0.0199. The molecule has 0 saturated carbocycles. The Bertz CT molecular complexity index is 1330. The fourth-order valence-corrected chi connectivity index (χ4v) is 6.54. The second-order valence-electron chi connectivity index (χ2n) is 16.4. The van der Waals surface area contributed by atoms with E-state index in [9.17, 15) is 14.4 Å². The topological polar surface area (TPSA) is 78.9 Å². The van der Waals surface area contributed by atoms with Crippen LogP contribution in [-0.2, 0) is 28.6 Å². The minimum Gasteiger partial charge on any atom is -0.462 e. The molecule has 0 aromatic heterocycles. The van der Waals surface area contributed by atoms with Crippen LogP contribution in [0.3, 0.4) is 0 Å². The molecule has 0 saturated heterocycles. The zero-order chi connectivity index (χ0) is 45.8. The van der Waals surface area contributed by atoms with Gasteiger partial charge in [-0.1, -0.05) is 201 Å². The van der Waals surface area contributed by atoms with Crippen molar-refractivity contribution in [3.8, 4) is 0 Å². The molecule has 63 heavy (non-hydrogen) atoms. The predicted molar refractivity (Wildman–Crippen MR) is 270 cm³/mol. The molecule has 1 atom stereocenters. The summed E-state index contributed by atoms with van der Waals surface area (Å²) in [5, 5.41) is 0. The van der Waals surface area contributed by atoms with Crippen molar-refractivity contribution in [3.63, 3.8) is 0 Å². The minimum atomic E-state index is -0.815. The second-order valence-corrected chi connectivity index (χ2v) is 16.4. The Hall–Kier alpha value is -3.93. The van der Waals surface area contributed by atoms with Crippen molar-refractivity contribution in [2.24, 2.45) is 0 Å². The van der Waals surface area contributed by atoms with Gasteiger partial charge in [0.05, 0.1) is 0 Å². The van der Waals surface area contributed by atoms with E-state index in [1.807, 2.05) is 0 Å². The van der Waals surface area contributed by atoms with E-state index in [1.165, 1.54) is 44.9 Å². The van der Waals surface area contributed by atoms with Gasteiger partial charge in [-0.05, 0) is 103 Å². The standard InChI is InChI=1S/C57H92O6/c1-4-7-10-13-16-19-22-24-26-28-29-31-32-35-38-41-44-47-50-56(59)62-53-54(52-61-55(58)49-46-43-40-37-34-21-18-15-12-9-6-3)63-57(60)51-48-45-42-39-36-33-30-27-25-23-20-17-14-11-8-5-2/h8-9,11-12,17-18,20-22,24-29,31,37,40,54H,4-7,10,13-16,19,23,30,32-36,38-39,41-53H2,1-3H3/b11-8-,12-9-,20-17-,21-18-,24-22-,27-25-,28-26-,31-29-,40-37-. The van der Waals surface area contributed by atoms with Crippen molar-refractivity contribution in [3.05, 3.63) is 109 Å². The lowest BCUT2D eigenvalue weighted by Gasteiger charge is -2.18. The Labute approximate surface area is 387 Å². The summed E-state index contributed by atoms with van der Waals surface area (Å²) in [5.41, 5.74) is 0. The number of rotatable bonds is 44. The Morgan fingerprint density at radius 3 is 1.16 bits per heavy atom. The minimum absolute atomic E-state index is 0.112. The van der Waals surface area contributed by atoms with Gasteiger partial charge in [0.15, 0.2) is 6.10 Å². The number of carbonyl (C=O) groups excluding carboxylic acids is 3. The predicted octanol–water partition coefficient (Wildman–Crippen LogP) is 16.8. The molecule has 0 amide bonds. The molecule has 0 bridgehead atoms. The summed E-state index contributed by atoms with van der Waals surface area (Å²) >= 11 is 0. The van der Waals surface area contributed by atoms with Crippen molar-refractivity contribution >= 4 is 17.9 Å². The second kappa shape index (κ2) is 50.7. The van der Waals surface area contributed by atoms with Gasteiger partial charge in [-0.15, -0.1) is 0 Å². The van der Waals surface area contributed by atoms with Gasteiger partial charge < -0.3 is 14.2 Å².